The molecule has 10 heteroatoms. The molecule has 5 aromatic rings. The van der Waals surface area contributed by atoms with Gasteiger partial charge in [0.2, 0.25) is 0 Å². The highest BCUT2D eigenvalue weighted by atomic mass is 127. The van der Waals surface area contributed by atoms with E-state index in [1.807, 2.05) is 66.0 Å². The van der Waals surface area contributed by atoms with Crippen molar-refractivity contribution in [2.75, 3.05) is 12.4 Å². The normalized spacial score (nSPS) is 11.0. The average molecular weight is 709 g/mol. The second-order valence-electron chi connectivity index (χ2n) is 9.25. The molecule has 0 aliphatic heterocycles. The fourth-order valence-corrected chi connectivity index (χ4v) is 5.58. The molecule has 0 unspecified atom stereocenters. The number of rotatable bonds is 10. The summed E-state index contributed by atoms with van der Waals surface area (Å²) in [5.74, 6) is 0.930. The van der Waals surface area contributed by atoms with Gasteiger partial charge in [0, 0.05) is 27.2 Å². The summed E-state index contributed by atoms with van der Waals surface area (Å²) < 4.78 is 12.5. The van der Waals surface area contributed by atoms with E-state index in [2.05, 4.69) is 62.5 Å². The van der Waals surface area contributed by atoms with Crippen LogP contribution in [0.5, 0.6) is 11.5 Å². The van der Waals surface area contributed by atoms with Gasteiger partial charge in [-0.2, -0.15) is 5.10 Å². The Balaban J connectivity index is 1.18. The number of nitrogens with one attached hydrogen (secondary N) is 2. The van der Waals surface area contributed by atoms with Gasteiger partial charge in [-0.25, -0.2) is 10.4 Å². The fourth-order valence-electron chi connectivity index (χ4n) is 3.94. The number of hydrogen-bond acceptors (Lipinski definition) is 7. The van der Waals surface area contributed by atoms with Crippen molar-refractivity contribution in [2.24, 2.45) is 5.10 Å². The van der Waals surface area contributed by atoms with Crippen LogP contribution in [0.1, 0.15) is 27.0 Å². The number of carbonyl (C=O) groups excluding carboxylic acids is 1. The summed E-state index contributed by atoms with van der Waals surface area (Å²) in [5.41, 5.74) is 8.74. The maximum atomic E-state index is 12.7. The number of aryl methyl sites for hydroxylation is 1. The van der Waals surface area contributed by atoms with Crippen LogP contribution >= 0.6 is 45.5 Å². The predicted octanol–water partition coefficient (Wildman–Crippen LogP) is 8.47. The van der Waals surface area contributed by atoms with Crippen molar-refractivity contribution < 1.29 is 14.3 Å². The molecule has 0 bridgehead atoms. The van der Waals surface area contributed by atoms with Gasteiger partial charge in [0.25, 0.3) is 5.91 Å². The average Bonchev–Trinajstić information content (AvgIpc) is 3.47. The Morgan fingerprint density at radius 1 is 1.05 bits per heavy atom. The van der Waals surface area contributed by atoms with Crippen LogP contribution in [0.15, 0.2) is 95.4 Å². The molecule has 2 N–H and O–H groups in total. The first-order chi connectivity index (χ1) is 20.4. The summed E-state index contributed by atoms with van der Waals surface area (Å²) in [4.78, 5) is 17.3. The highest BCUT2D eigenvalue weighted by Crippen LogP contribution is 2.34. The van der Waals surface area contributed by atoms with Crippen LogP contribution in [0.3, 0.4) is 0 Å². The molecule has 0 saturated heterocycles. The first-order valence-corrected chi connectivity index (χ1v) is 15.2. The lowest BCUT2D eigenvalue weighted by atomic mass is 10.1. The van der Waals surface area contributed by atoms with E-state index in [-0.39, 0.29) is 5.91 Å². The van der Waals surface area contributed by atoms with Crippen molar-refractivity contribution in [3.8, 4) is 22.8 Å². The first-order valence-electron chi connectivity index (χ1n) is 12.9. The van der Waals surface area contributed by atoms with E-state index in [1.165, 1.54) is 16.9 Å². The highest BCUT2D eigenvalue weighted by molar-refractivity contribution is 14.1. The first kappa shape index (κ1) is 29.6. The molecule has 0 fully saturated rings. The Morgan fingerprint density at radius 2 is 1.79 bits per heavy atom. The number of amides is 1. The molecule has 0 aliphatic rings. The standard InChI is InChI=1S/C32H26ClIN4O3S/c1-20-3-5-21(6-4-20)18-41-30-27(34)15-22(16-29(30)40-2)17-35-38-31(39)24-9-7-23(8-10-24)28-19-42-32(37-28)36-26-13-11-25(33)12-14-26/h3-17,19H,18H2,1-2H3,(H,36,37)(H,38,39)/b35-17-. The second-order valence-corrected chi connectivity index (χ2v) is 11.7. The predicted molar refractivity (Wildman–Crippen MR) is 179 cm³/mol. The summed E-state index contributed by atoms with van der Waals surface area (Å²) in [6, 6.07) is 26.6. The molecule has 0 radical (unpaired) electrons. The van der Waals surface area contributed by atoms with Crippen molar-refractivity contribution >= 4 is 68.5 Å². The van der Waals surface area contributed by atoms with Crippen molar-refractivity contribution in [3.05, 3.63) is 121 Å². The van der Waals surface area contributed by atoms with Crippen molar-refractivity contribution in [2.45, 2.75) is 13.5 Å². The molecule has 1 heterocycles. The molecule has 1 aromatic heterocycles. The van der Waals surface area contributed by atoms with E-state index in [0.717, 1.165) is 36.8 Å². The zero-order valence-electron chi connectivity index (χ0n) is 22.7. The molecule has 42 heavy (non-hydrogen) atoms. The Kier molecular flexibility index (Phi) is 9.73. The van der Waals surface area contributed by atoms with E-state index >= 15 is 0 Å². The van der Waals surface area contributed by atoms with Gasteiger partial charge in [-0.05, 0) is 89.2 Å². The quantitative estimate of drug-likeness (QED) is 0.0864. The number of benzene rings is 4. The number of aromatic nitrogens is 1. The minimum Gasteiger partial charge on any atom is -0.493 e. The molecule has 7 nitrogen and oxygen atoms in total. The minimum absolute atomic E-state index is 0.319. The third kappa shape index (κ3) is 7.67. The number of ether oxygens (including phenoxy) is 2. The number of methoxy groups -OCH3 is 1. The third-order valence-electron chi connectivity index (χ3n) is 6.18. The monoisotopic (exact) mass is 708 g/mol. The highest BCUT2D eigenvalue weighted by Gasteiger charge is 2.12. The lowest BCUT2D eigenvalue weighted by Gasteiger charge is -2.13. The molecule has 212 valence electrons. The molecule has 0 aliphatic carbocycles. The van der Waals surface area contributed by atoms with E-state index in [4.69, 9.17) is 21.1 Å². The Labute approximate surface area is 266 Å². The molecular weight excluding hydrogens is 683 g/mol. The van der Waals surface area contributed by atoms with Crippen molar-refractivity contribution in [1.82, 2.24) is 10.4 Å². The van der Waals surface area contributed by atoms with Crippen LogP contribution in [0.25, 0.3) is 11.3 Å². The van der Waals surface area contributed by atoms with Crippen LogP contribution in [0, 0.1) is 10.5 Å². The number of hydrogen-bond donors (Lipinski definition) is 2. The van der Waals surface area contributed by atoms with E-state index in [0.29, 0.717) is 28.7 Å². The number of halogens is 2. The van der Waals surface area contributed by atoms with Gasteiger partial charge in [-0.15, -0.1) is 11.3 Å². The van der Waals surface area contributed by atoms with Gasteiger partial charge in [-0.3, -0.25) is 4.79 Å². The molecule has 0 spiro atoms. The van der Waals surface area contributed by atoms with Gasteiger partial charge in [0.1, 0.15) is 6.61 Å². The van der Waals surface area contributed by atoms with Crippen LogP contribution in [0.2, 0.25) is 5.02 Å². The van der Waals surface area contributed by atoms with Gasteiger partial charge < -0.3 is 14.8 Å². The summed E-state index contributed by atoms with van der Waals surface area (Å²) in [6.45, 7) is 2.48. The van der Waals surface area contributed by atoms with Crippen molar-refractivity contribution in [3.63, 3.8) is 0 Å². The van der Waals surface area contributed by atoms with Crippen LogP contribution in [-0.2, 0) is 6.61 Å². The number of hydrazone groups is 1. The zero-order chi connectivity index (χ0) is 29.5. The third-order valence-corrected chi connectivity index (χ3v) is 7.99. The summed E-state index contributed by atoms with van der Waals surface area (Å²) in [5, 5.41) is 10.8. The Morgan fingerprint density at radius 3 is 2.50 bits per heavy atom. The Bertz CT molecular complexity index is 1710. The second kappa shape index (κ2) is 13.8. The summed E-state index contributed by atoms with van der Waals surface area (Å²) in [7, 11) is 1.60. The maximum Gasteiger partial charge on any atom is 0.271 e. The summed E-state index contributed by atoms with van der Waals surface area (Å²) >= 11 is 9.66. The van der Waals surface area contributed by atoms with Crippen molar-refractivity contribution in [1.29, 1.82) is 0 Å². The van der Waals surface area contributed by atoms with E-state index in [1.54, 1.807) is 25.5 Å². The van der Waals surface area contributed by atoms with Gasteiger partial charge in [0.15, 0.2) is 16.6 Å². The number of anilines is 2. The maximum absolute atomic E-state index is 12.7. The lowest BCUT2D eigenvalue weighted by Crippen LogP contribution is -2.17. The molecule has 1 amide bonds. The molecule has 5 rings (SSSR count). The summed E-state index contributed by atoms with van der Waals surface area (Å²) in [6.07, 6.45) is 1.57. The minimum atomic E-state index is -0.319. The molecular formula is C32H26ClIN4O3S. The topological polar surface area (TPSA) is 84.8 Å². The van der Waals surface area contributed by atoms with Gasteiger partial charge >= 0.3 is 0 Å². The lowest BCUT2D eigenvalue weighted by molar-refractivity contribution is 0.0955. The van der Waals surface area contributed by atoms with Crippen LogP contribution in [0.4, 0.5) is 10.8 Å². The molecule has 0 atom stereocenters. The molecule has 0 saturated carbocycles. The van der Waals surface area contributed by atoms with E-state index < -0.39 is 0 Å². The number of carbonyl (C=O) groups is 1. The fraction of sp³-hybridized carbons (Fsp3) is 0.0938. The zero-order valence-corrected chi connectivity index (χ0v) is 26.5. The smallest absolute Gasteiger partial charge is 0.271 e. The van der Waals surface area contributed by atoms with E-state index in [9.17, 15) is 4.79 Å². The Hall–Kier alpha value is -3.93. The van der Waals surface area contributed by atoms with Gasteiger partial charge in [0.05, 0.1) is 22.6 Å². The van der Waals surface area contributed by atoms with Crippen LogP contribution < -0.4 is 20.2 Å². The largest absolute Gasteiger partial charge is 0.493 e. The molecule has 4 aromatic carbocycles. The SMILES string of the molecule is COc1cc(/C=N\NC(=O)c2ccc(-c3csc(Nc4ccc(Cl)cc4)n3)cc2)cc(I)c1OCc1ccc(C)cc1. The van der Waals surface area contributed by atoms with Crippen LogP contribution in [-0.4, -0.2) is 24.2 Å². The van der Waals surface area contributed by atoms with Gasteiger partial charge in [-0.1, -0.05) is 53.6 Å². The number of thiazole rings is 1. The number of nitrogens with zero attached hydrogens (tertiary/aromatic N) is 2.